The van der Waals surface area contributed by atoms with Crippen molar-refractivity contribution in [1.29, 1.82) is 0 Å². The maximum atomic E-state index is 3.46. The van der Waals surface area contributed by atoms with Crippen LogP contribution in [0.3, 0.4) is 0 Å². The second kappa shape index (κ2) is 4.81. The normalized spacial score (nSPS) is 29.2. The summed E-state index contributed by atoms with van der Waals surface area (Å²) < 4.78 is 0. The summed E-state index contributed by atoms with van der Waals surface area (Å²) in [5, 5.41) is 3.46. The van der Waals surface area contributed by atoms with Crippen LogP contribution in [-0.2, 0) is 0 Å². The maximum absolute atomic E-state index is 3.46. The molecule has 0 aromatic carbocycles. The highest BCUT2D eigenvalue weighted by Gasteiger charge is 2.29. The maximum Gasteiger partial charge on any atom is 0.0110 e. The lowest BCUT2D eigenvalue weighted by molar-refractivity contribution is 0.0855. The van der Waals surface area contributed by atoms with Gasteiger partial charge in [-0.25, -0.2) is 0 Å². The van der Waals surface area contributed by atoms with Gasteiger partial charge in [-0.15, -0.1) is 0 Å². The molecule has 2 saturated heterocycles. The summed E-state index contributed by atoms with van der Waals surface area (Å²) in [6.45, 7) is 11.2. The standard InChI is InChI=1S/C12H25N3/c1-12(3-5-13-6-4-12)11-15-9-7-14(2)8-10-15/h13H,3-11H2,1-2H3. The highest BCUT2D eigenvalue weighted by Crippen LogP contribution is 2.29. The van der Waals surface area contributed by atoms with Gasteiger partial charge < -0.3 is 15.1 Å². The van der Waals surface area contributed by atoms with E-state index in [0.29, 0.717) is 5.41 Å². The number of rotatable bonds is 2. The minimum atomic E-state index is 0.571. The first-order valence-electron chi connectivity index (χ1n) is 6.30. The van der Waals surface area contributed by atoms with Crippen molar-refractivity contribution in [3.05, 3.63) is 0 Å². The number of piperazine rings is 1. The van der Waals surface area contributed by atoms with Crippen LogP contribution in [0, 0.1) is 5.41 Å². The van der Waals surface area contributed by atoms with Crippen molar-refractivity contribution in [2.75, 3.05) is 52.9 Å². The van der Waals surface area contributed by atoms with Crippen LogP contribution in [0.15, 0.2) is 0 Å². The molecule has 0 unspecified atom stereocenters. The molecule has 0 aromatic rings. The predicted molar refractivity (Wildman–Crippen MR) is 64.1 cm³/mol. The Hall–Kier alpha value is -0.120. The van der Waals surface area contributed by atoms with Crippen molar-refractivity contribution in [2.45, 2.75) is 19.8 Å². The van der Waals surface area contributed by atoms with Crippen molar-refractivity contribution in [3.8, 4) is 0 Å². The summed E-state index contributed by atoms with van der Waals surface area (Å²) in [4.78, 5) is 5.09. The van der Waals surface area contributed by atoms with Crippen molar-refractivity contribution >= 4 is 0 Å². The fourth-order valence-corrected chi connectivity index (χ4v) is 2.73. The Kier molecular flexibility index (Phi) is 3.65. The average Bonchev–Trinajstić information content (AvgIpc) is 2.22. The number of nitrogens with zero attached hydrogens (tertiary/aromatic N) is 2. The molecule has 0 saturated carbocycles. The Morgan fingerprint density at radius 2 is 1.67 bits per heavy atom. The van der Waals surface area contributed by atoms with Crippen LogP contribution in [-0.4, -0.2) is 62.7 Å². The van der Waals surface area contributed by atoms with Crippen LogP contribution in [0.2, 0.25) is 0 Å². The molecule has 2 rings (SSSR count). The minimum absolute atomic E-state index is 0.571. The minimum Gasteiger partial charge on any atom is -0.317 e. The molecular weight excluding hydrogens is 186 g/mol. The van der Waals surface area contributed by atoms with E-state index < -0.39 is 0 Å². The van der Waals surface area contributed by atoms with Gasteiger partial charge in [0.15, 0.2) is 0 Å². The molecule has 3 heteroatoms. The molecule has 0 amide bonds. The lowest BCUT2D eigenvalue weighted by Crippen LogP contribution is -2.50. The molecule has 2 heterocycles. The molecule has 2 fully saturated rings. The number of likely N-dealkylation sites (N-methyl/N-ethyl adjacent to an activating group) is 1. The van der Waals surface area contributed by atoms with Crippen molar-refractivity contribution in [1.82, 2.24) is 15.1 Å². The zero-order chi connectivity index (χ0) is 10.7. The molecule has 2 aliphatic heterocycles. The molecule has 0 spiro atoms. The molecule has 0 aliphatic carbocycles. The molecule has 88 valence electrons. The largest absolute Gasteiger partial charge is 0.317 e. The van der Waals surface area contributed by atoms with Crippen molar-refractivity contribution in [3.63, 3.8) is 0 Å². The summed E-state index contributed by atoms with van der Waals surface area (Å²) in [6, 6.07) is 0. The second-order valence-corrected chi connectivity index (χ2v) is 5.64. The van der Waals surface area contributed by atoms with E-state index in [1.165, 1.54) is 58.7 Å². The van der Waals surface area contributed by atoms with E-state index in [4.69, 9.17) is 0 Å². The number of hydrogen-bond donors (Lipinski definition) is 1. The van der Waals surface area contributed by atoms with Crippen LogP contribution in [0.5, 0.6) is 0 Å². The summed E-state index contributed by atoms with van der Waals surface area (Å²) in [5.41, 5.74) is 0.571. The monoisotopic (exact) mass is 211 g/mol. The highest BCUT2D eigenvalue weighted by molar-refractivity contribution is 4.85. The summed E-state index contributed by atoms with van der Waals surface area (Å²) in [7, 11) is 2.23. The molecule has 0 atom stereocenters. The molecule has 2 aliphatic rings. The smallest absolute Gasteiger partial charge is 0.0110 e. The van der Waals surface area contributed by atoms with Crippen LogP contribution in [0.1, 0.15) is 19.8 Å². The van der Waals surface area contributed by atoms with Gasteiger partial charge in [0.25, 0.3) is 0 Å². The van der Waals surface area contributed by atoms with Crippen LogP contribution < -0.4 is 5.32 Å². The van der Waals surface area contributed by atoms with E-state index in [-0.39, 0.29) is 0 Å². The lowest BCUT2D eigenvalue weighted by atomic mass is 9.80. The number of nitrogens with one attached hydrogen (secondary N) is 1. The zero-order valence-corrected chi connectivity index (χ0v) is 10.3. The van der Waals surface area contributed by atoms with Gasteiger partial charge in [-0.3, -0.25) is 0 Å². The van der Waals surface area contributed by atoms with E-state index in [1.54, 1.807) is 0 Å². The molecule has 1 N–H and O–H groups in total. The Morgan fingerprint density at radius 1 is 1.07 bits per heavy atom. The first kappa shape index (κ1) is 11.4. The zero-order valence-electron chi connectivity index (χ0n) is 10.3. The topological polar surface area (TPSA) is 18.5 Å². The van der Waals surface area contributed by atoms with Gasteiger partial charge in [-0.1, -0.05) is 6.92 Å². The van der Waals surface area contributed by atoms with Gasteiger partial charge in [-0.2, -0.15) is 0 Å². The van der Waals surface area contributed by atoms with Gasteiger partial charge in [0.05, 0.1) is 0 Å². The number of hydrogen-bond acceptors (Lipinski definition) is 3. The average molecular weight is 211 g/mol. The van der Waals surface area contributed by atoms with Crippen molar-refractivity contribution < 1.29 is 0 Å². The third kappa shape index (κ3) is 3.16. The Balaban J connectivity index is 1.80. The second-order valence-electron chi connectivity index (χ2n) is 5.64. The fourth-order valence-electron chi connectivity index (χ4n) is 2.73. The Labute approximate surface area is 93.8 Å². The lowest BCUT2D eigenvalue weighted by Gasteiger charge is -2.41. The van der Waals surface area contributed by atoms with Gasteiger partial charge in [0.2, 0.25) is 0 Å². The van der Waals surface area contributed by atoms with Crippen LogP contribution in [0.25, 0.3) is 0 Å². The molecule has 3 nitrogen and oxygen atoms in total. The van der Waals surface area contributed by atoms with Crippen molar-refractivity contribution in [2.24, 2.45) is 5.41 Å². The van der Waals surface area contributed by atoms with E-state index >= 15 is 0 Å². The van der Waals surface area contributed by atoms with Gasteiger partial charge >= 0.3 is 0 Å². The highest BCUT2D eigenvalue weighted by atomic mass is 15.2. The first-order chi connectivity index (χ1) is 7.18. The molecule has 0 aromatic heterocycles. The third-order valence-corrected chi connectivity index (χ3v) is 4.01. The van der Waals surface area contributed by atoms with E-state index in [0.717, 1.165) is 0 Å². The predicted octanol–water partition coefficient (Wildman–Crippen LogP) is 0.623. The molecule has 0 bridgehead atoms. The van der Waals surface area contributed by atoms with E-state index in [1.807, 2.05) is 0 Å². The molecular formula is C12H25N3. The summed E-state index contributed by atoms with van der Waals surface area (Å²) >= 11 is 0. The number of piperidine rings is 1. The summed E-state index contributed by atoms with van der Waals surface area (Å²) in [6.07, 6.45) is 2.69. The van der Waals surface area contributed by atoms with Gasteiger partial charge in [0, 0.05) is 32.7 Å². The first-order valence-corrected chi connectivity index (χ1v) is 6.30. The van der Waals surface area contributed by atoms with E-state index in [9.17, 15) is 0 Å². The fraction of sp³-hybridized carbons (Fsp3) is 1.00. The van der Waals surface area contributed by atoms with E-state index in [2.05, 4.69) is 29.1 Å². The van der Waals surface area contributed by atoms with Gasteiger partial charge in [0.1, 0.15) is 0 Å². The SMILES string of the molecule is CN1CCN(CC2(C)CCNCC2)CC1. The quantitative estimate of drug-likeness (QED) is 0.722. The molecule has 15 heavy (non-hydrogen) atoms. The Morgan fingerprint density at radius 3 is 2.27 bits per heavy atom. The summed E-state index contributed by atoms with van der Waals surface area (Å²) in [5.74, 6) is 0. The third-order valence-electron chi connectivity index (χ3n) is 4.01. The van der Waals surface area contributed by atoms with Crippen LogP contribution in [0.4, 0.5) is 0 Å². The Bertz CT molecular complexity index is 191. The van der Waals surface area contributed by atoms with Gasteiger partial charge in [-0.05, 0) is 38.4 Å². The molecule has 0 radical (unpaired) electrons. The van der Waals surface area contributed by atoms with Crippen LogP contribution >= 0.6 is 0 Å².